The van der Waals surface area contributed by atoms with Crippen LogP contribution in [-0.4, -0.2) is 10.7 Å². The molecule has 2 aromatic carbocycles. The second-order valence-corrected chi connectivity index (χ2v) is 8.21. The standard InChI is InChI=1S/C25H27F3N4O/c1-15(2)22(29)21-12-18(24(33)32-23(21)31-20-7-5-4-6-8-20)14-30-13-17-11-19(25(26,27)28)10-9-16(17)3/h4-12,15,29-30H,13-14H2,1-3H3,(H2,31,32,33). The van der Waals surface area contributed by atoms with Gasteiger partial charge in [-0.25, -0.2) is 0 Å². The largest absolute Gasteiger partial charge is 0.416 e. The number of halogens is 3. The molecule has 0 saturated carbocycles. The lowest BCUT2D eigenvalue weighted by atomic mass is 9.99. The first kappa shape index (κ1) is 24.3. The number of nitrogens with one attached hydrogen (secondary N) is 4. The number of aryl methyl sites for hydroxylation is 1. The molecule has 33 heavy (non-hydrogen) atoms. The number of para-hydroxylation sites is 1. The van der Waals surface area contributed by atoms with Gasteiger partial charge in [0.2, 0.25) is 0 Å². The maximum Gasteiger partial charge on any atom is 0.416 e. The van der Waals surface area contributed by atoms with Crippen LogP contribution >= 0.6 is 0 Å². The number of alkyl halides is 3. The van der Waals surface area contributed by atoms with Crippen molar-refractivity contribution in [2.75, 3.05) is 5.32 Å². The third kappa shape index (κ3) is 6.10. The summed E-state index contributed by atoms with van der Waals surface area (Å²) in [5.41, 5.74) is 2.32. The molecule has 0 saturated heterocycles. The van der Waals surface area contributed by atoms with Crippen LogP contribution in [0.1, 0.15) is 41.7 Å². The van der Waals surface area contributed by atoms with Gasteiger partial charge in [0.1, 0.15) is 5.82 Å². The van der Waals surface area contributed by atoms with Crippen molar-refractivity contribution in [1.29, 1.82) is 5.41 Å². The lowest BCUT2D eigenvalue weighted by molar-refractivity contribution is -0.137. The van der Waals surface area contributed by atoms with Gasteiger partial charge in [0.25, 0.3) is 5.56 Å². The maximum atomic E-state index is 13.0. The van der Waals surface area contributed by atoms with Crippen LogP contribution in [0, 0.1) is 18.3 Å². The molecule has 3 rings (SSSR count). The van der Waals surface area contributed by atoms with E-state index in [1.54, 1.807) is 13.0 Å². The zero-order chi connectivity index (χ0) is 24.2. The van der Waals surface area contributed by atoms with Crippen molar-refractivity contribution < 1.29 is 13.2 Å². The Hall–Kier alpha value is -3.39. The van der Waals surface area contributed by atoms with Gasteiger partial charge in [-0.2, -0.15) is 13.2 Å². The fourth-order valence-electron chi connectivity index (χ4n) is 3.36. The maximum absolute atomic E-state index is 13.0. The Morgan fingerprint density at radius 3 is 2.33 bits per heavy atom. The molecular formula is C25H27F3N4O. The second kappa shape index (κ2) is 10.0. The third-order valence-corrected chi connectivity index (χ3v) is 5.34. The van der Waals surface area contributed by atoms with Gasteiger partial charge in [-0.05, 0) is 54.3 Å². The highest BCUT2D eigenvalue weighted by atomic mass is 19.4. The van der Waals surface area contributed by atoms with E-state index in [-0.39, 0.29) is 24.6 Å². The predicted octanol–water partition coefficient (Wildman–Crippen LogP) is 5.76. The van der Waals surface area contributed by atoms with Gasteiger partial charge in [0.05, 0.1) is 5.56 Å². The average molecular weight is 457 g/mol. The molecule has 5 nitrogen and oxygen atoms in total. The highest BCUT2D eigenvalue weighted by Crippen LogP contribution is 2.30. The SMILES string of the molecule is Cc1ccc(C(F)(F)F)cc1CNCc1cc(C(=N)C(C)C)c(Nc2ccccc2)[nH]c1=O. The Morgan fingerprint density at radius 1 is 1.03 bits per heavy atom. The van der Waals surface area contributed by atoms with E-state index in [1.807, 2.05) is 44.2 Å². The van der Waals surface area contributed by atoms with E-state index in [0.717, 1.165) is 23.4 Å². The molecular weight excluding hydrogens is 429 g/mol. The Morgan fingerprint density at radius 2 is 1.70 bits per heavy atom. The summed E-state index contributed by atoms with van der Waals surface area (Å²) in [6.45, 7) is 5.86. The van der Waals surface area contributed by atoms with Crippen LogP contribution in [0.15, 0.2) is 59.4 Å². The van der Waals surface area contributed by atoms with Crippen molar-refractivity contribution in [3.05, 3.63) is 92.8 Å². The first-order valence-corrected chi connectivity index (χ1v) is 10.6. The van der Waals surface area contributed by atoms with Crippen molar-refractivity contribution in [1.82, 2.24) is 10.3 Å². The quantitative estimate of drug-likeness (QED) is 0.325. The van der Waals surface area contributed by atoms with Gasteiger partial charge < -0.3 is 21.0 Å². The second-order valence-electron chi connectivity index (χ2n) is 8.21. The summed E-state index contributed by atoms with van der Waals surface area (Å²) in [4.78, 5) is 15.5. The van der Waals surface area contributed by atoms with E-state index >= 15 is 0 Å². The predicted molar refractivity (Wildman–Crippen MR) is 125 cm³/mol. The van der Waals surface area contributed by atoms with Crippen LogP contribution in [0.4, 0.5) is 24.7 Å². The highest BCUT2D eigenvalue weighted by molar-refractivity contribution is 6.04. The van der Waals surface area contributed by atoms with Crippen LogP contribution in [0.5, 0.6) is 0 Å². The molecule has 4 N–H and O–H groups in total. The molecule has 8 heteroatoms. The highest BCUT2D eigenvalue weighted by Gasteiger charge is 2.30. The van der Waals surface area contributed by atoms with E-state index < -0.39 is 11.7 Å². The van der Waals surface area contributed by atoms with Gasteiger partial charge in [-0.15, -0.1) is 0 Å². The van der Waals surface area contributed by atoms with Crippen LogP contribution in [0.2, 0.25) is 0 Å². The van der Waals surface area contributed by atoms with Gasteiger partial charge in [0.15, 0.2) is 0 Å². The zero-order valence-corrected chi connectivity index (χ0v) is 18.7. The summed E-state index contributed by atoms with van der Waals surface area (Å²) >= 11 is 0. The minimum absolute atomic E-state index is 0.0687. The molecule has 0 bridgehead atoms. The summed E-state index contributed by atoms with van der Waals surface area (Å²) < 4.78 is 39.1. The number of H-pyrrole nitrogens is 1. The number of benzene rings is 2. The Bertz CT molecular complexity index is 1180. The van der Waals surface area contributed by atoms with Crippen molar-refractivity contribution in [3.8, 4) is 0 Å². The molecule has 0 amide bonds. The average Bonchev–Trinajstić information content (AvgIpc) is 2.75. The molecule has 0 aliphatic carbocycles. The smallest absolute Gasteiger partial charge is 0.341 e. The topological polar surface area (TPSA) is 80.8 Å². The Kier molecular flexibility index (Phi) is 7.38. The monoisotopic (exact) mass is 456 g/mol. The Labute approximate surface area is 190 Å². The van der Waals surface area contributed by atoms with E-state index in [4.69, 9.17) is 5.41 Å². The molecule has 0 fully saturated rings. The summed E-state index contributed by atoms with van der Waals surface area (Å²) in [6, 6.07) is 14.6. The minimum Gasteiger partial charge on any atom is -0.341 e. The molecule has 0 unspecified atom stereocenters. The normalized spacial score (nSPS) is 11.6. The lowest BCUT2D eigenvalue weighted by Crippen LogP contribution is -2.24. The summed E-state index contributed by atoms with van der Waals surface area (Å²) in [7, 11) is 0. The zero-order valence-electron chi connectivity index (χ0n) is 18.7. The number of pyridine rings is 1. The van der Waals surface area contributed by atoms with Crippen LogP contribution in [-0.2, 0) is 19.3 Å². The number of anilines is 2. The lowest BCUT2D eigenvalue weighted by Gasteiger charge is -2.17. The molecule has 3 aromatic rings. The van der Waals surface area contributed by atoms with Crippen molar-refractivity contribution in [3.63, 3.8) is 0 Å². The van der Waals surface area contributed by atoms with E-state index in [2.05, 4.69) is 15.6 Å². The fraction of sp³-hybridized carbons (Fsp3) is 0.280. The molecule has 0 atom stereocenters. The van der Waals surface area contributed by atoms with Crippen molar-refractivity contribution in [2.45, 2.75) is 40.0 Å². The number of aromatic nitrogens is 1. The first-order valence-electron chi connectivity index (χ1n) is 10.6. The number of rotatable bonds is 8. The van der Waals surface area contributed by atoms with Crippen LogP contribution < -0.4 is 16.2 Å². The fourth-order valence-corrected chi connectivity index (χ4v) is 3.36. The summed E-state index contributed by atoms with van der Waals surface area (Å²) in [5.74, 6) is 0.364. The molecule has 0 aliphatic heterocycles. The number of hydrogen-bond acceptors (Lipinski definition) is 4. The van der Waals surface area contributed by atoms with Crippen LogP contribution in [0.3, 0.4) is 0 Å². The number of hydrogen-bond donors (Lipinski definition) is 4. The molecule has 1 aromatic heterocycles. The summed E-state index contributed by atoms with van der Waals surface area (Å²) in [5, 5.41) is 14.7. The van der Waals surface area contributed by atoms with Crippen LogP contribution in [0.25, 0.3) is 0 Å². The van der Waals surface area contributed by atoms with Crippen molar-refractivity contribution in [2.24, 2.45) is 5.92 Å². The van der Waals surface area contributed by atoms with Gasteiger partial charge in [-0.1, -0.05) is 38.1 Å². The first-order chi connectivity index (χ1) is 15.6. The summed E-state index contributed by atoms with van der Waals surface area (Å²) in [6.07, 6.45) is -4.41. The molecule has 1 heterocycles. The van der Waals surface area contributed by atoms with Gasteiger partial charge >= 0.3 is 6.18 Å². The molecule has 0 spiro atoms. The number of aromatic amines is 1. The molecule has 0 radical (unpaired) electrons. The van der Waals surface area contributed by atoms with Gasteiger partial charge in [0, 0.05) is 35.6 Å². The van der Waals surface area contributed by atoms with E-state index in [1.165, 1.54) is 6.07 Å². The van der Waals surface area contributed by atoms with Crippen molar-refractivity contribution >= 4 is 17.2 Å². The van der Waals surface area contributed by atoms with E-state index in [9.17, 15) is 18.0 Å². The molecule has 0 aliphatic rings. The molecule has 174 valence electrons. The van der Waals surface area contributed by atoms with Gasteiger partial charge in [-0.3, -0.25) is 4.79 Å². The third-order valence-electron chi connectivity index (χ3n) is 5.34. The Balaban J connectivity index is 1.83. The van der Waals surface area contributed by atoms with E-state index in [0.29, 0.717) is 28.2 Å². The minimum atomic E-state index is -4.41.